The zero-order valence-electron chi connectivity index (χ0n) is 6.36. The van der Waals surface area contributed by atoms with E-state index < -0.39 is 15.2 Å². The van der Waals surface area contributed by atoms with Crippen LogP contribution >= 0.6 is 0 Å². The lowest BCUT2D eigenvalue weighted by Crippen LogP contribution is -1.99. The molecule has 0 saturated heterocycles. The van der Waals surface area contributed by atoms with E-state index in [0.717, 1.165) is 6.07 Å². The van der Waals surface area contributed by atoms with Gasteiger partial charge in [0.2, 0.25) is 5.03 Å². The Balaban J connectivity index is 3.09. The fourth-order valence-corrected chi connectivity index (χ4v) is 1.04. The summed E-state index contributed by atoms with van der Waals surface area (Å²) in [5.41, 5.74) is 0.627. The van der Waals surface area contributed by atoms with Crippen molar-refractivity contribution in [2.24, 2.45) is 0 Å². The predicted molar refractivity (Wildman–Crippen MR) is 39.7 cm³/mol. The van der Waals surface area contributed by atoms with Crippen molar-refractivity contribution in [2.45, 2.75) is 18.4 Å². The number of hydrogen-bond donors (Lipinski definition) is 0. The lowest BCUT2D eigenvalue weighted by Gasteiger charge is -1.94. The SMILES string of the molecule is CCc1ccc(S(=O)(=O)F)nn1. The highest BCUT2D eigenvalue weighted by Crippen LogP contribution is 2.07. The minimum absolute atomic E-state index is 0.627. The maximum absolute atomic E-state index is 12.2. The number of halogens is 1. The van der Waals surface area contributed by atoms with Crippen molar-refractivity contribution in [1.29, 1.82) is 0 Å². The monoisotopic (exact) mass is 190 g/mol. The highest BCUT2D eigenvalue weighted by molar-refractivity contribution is 7.86. The minimum atomic E-state index is -4.70. The Morgan fingerprint density at radius 1 is 1.42 bits per heavy atom. The summed E-state index contributed by atoms with van der Waals surface area (Å²) in [6, 6.07) is 2.53. The molecule has 12 heavy (non-hydrogen) atoms. The van der Waals surface area contributed by atoms with Crippen LogP contribution < -0.4 is 0 Å². The van der Waals surface area contributed by atoms with Crippen LogP contribution in [0.4, 0.5) is 3.89 Å². The average Bonchev–Trinajstić information content (AvgIpc) is 2.03. The van der Waals surface area contributed by atoms with E-state index in [4.69, 9.17) is 0 Å². The molecule has 0 aromatic carbocycles. The molecule has 0 unspecified atom stereocenters. The van der Waals surface area contributed by atoms with Gasteiger partial charge in [-0.15, -0.1) is 5.10 Å². The van der Waals surface area contributed by atoms with E-state index in [1.54, 1.807) is 0 Å². The molecule has 0 aliphatic heterocycles. The summed E-state index contributed by atoms with van der Waals surface area (Å²) in [4.78, 5) is 0. The van der Waals surface area contributed by atoms with Crippen LogP contribution in [0.3, 0.4) is 0 Å². The first-order valence-corrected chi connectivity index (χ1v) is 4.69. The molecule has 66 valence electrons. The van der Waals surface area contributed by atoms with Crippen molar-refractivity contribution in [3.05, 3.63) is 17.8 Å². The van der Waals surface area contributed by atoms with Gasteiger partial charge in [0.15, 0.2) is 0 Å². The van der Waals surface area contributed by atoms with Crippen LogP contribution in [0.5, 0.6) is 0 Å². The molecular formula is C6H7FN2O2S. The maximum Gasteiger partial charge on any atom is 0.351 e. The van der Waals surface area contributed by atoms with E-state index in [1.807, 2.05) is 6.92 Å². The molecule has 0 amide bonds. The summed E-state index contributed by atoms with van der Waals surface area (Å²) in [5, 5.41) is 6.06. The van der Waals surface area contributed by atoms with Gasteiger partial charge in [0.05, 0.1) is 5.69 Å². The Morgan fingerprint density at radius 2 is 2.08 bits per heavy atom. The average molecular weight is 190 g/mol. The van der Waals surface area contributed by atoms with Gasteiger partial charge >= 0.3 is 10.2 Å². The summed E-state index contributed by atoms with van der Waals surface area (Å²) >= 11 is 0. The zero-order valence-corrected chi connectivity index (χ0v) is 7.18. The van der Waals surface area contributed by atoms with Gasteiger partial charge in [-0.25, -0.2) is 0 Å². The largest absolute Gasteiger partial charge is 0.351 e. The third-order valence-electron chi connectivity index (χ3n) is 1.31. The summed E-state index contributed by atoms with van der Waals surface area (Å²) in [7, 11) is -4.70. The second kappa shape index (κ2) is 3.14. The molecule has 0 bridgehead atoms. The summed E-state index contributed by atoms with van der Waals surface area (Å²) in [6.45, 7) is 1.84. The molecular weight excluding hydrogens is 183 g/mol. The van der Waals surface area contributed by atoms with Crippen LogP contribution in [0.25, 0.3) is 0 Å². The molecule has 0 fully saturated rings. The summed E-state index contributed by atoms with van der Waals surface area (Å²) < 4.78 is 32.8. The second-order valence-electron chi connectivity index (χ2n) is 2.15. The van der Waals surface area contributed by atoms with Crippen LogP contribution in [0.15, 0.2) is 17.2 Å². The first-order valence-electron chi connectivity index (χ1n) is 3.31. The third kappa shape index (κ3) is 1.97. The Hall–Kier alpha value is -1.04. The topological polar surface area (TPSA) is 59.9 Å². The Bertz CT molecular complexity index is 360. The molecule has 6 heteroatoms. The van der Waals surface area contributed by atoms with Gasteiger partial charge in [-0.05, 0) is 18.6 Å². The normalized spacial score (nSPS) is 11.5. The van der Waals surface area contributed by atoms with Gasteiger partial charge in [0.1, 0.15) is 0 Å². The van der Waals surface area contributed by atoms with Crippen LogP contribution in [0.1, 0.15) is 12.6 Å². The molecule has 4 nitrogen and oxygen atoms in total. The van der Waals surface area contributed by atoms with Crippen molar-refractivity contribution < 1.29 is 12.3 Å². The smallest absolute Gasteiger partial charge is 0.188 e. The lowest BCUT2D eigenvalue weighted by molar-refractivity contribution is 0.545. The van der Waals surface area contributed by atoms with Gasteiger partial charge in [0.25, 0.3) is 0 Å². The van der Waals surface area contributed by atoms with Gasteiger partial charge in [-0.3, -0.25) is 0 Å². The quantitative estimate of drug-likeness (QED) is 0.644. The van der Waals surface area contributed by atoms with E-state index >= 15 is 0 Å². The molecule has 0 spiro atoms. The first kappa shape index (κ1) is 9.05. The summed E-state index contributed by atoms with van der Waals surface area (Å²) in [6.07, 6.45) is 0.639. The number of hydrogen-bond acceptors (Lipinski definition) is 4. The number of nitrogens with zero attached hydrogens (tertiary/aromatic N) is 2. The van der Waals surface area contributed by atoms with Crippen LogP contribution in [0, 0.1) is 0 Å². The van der Waals surface area contributed by atoms with Crippen LogP contribution in [-0.4, -0.2) is 18.6 Å². The fraction of sp³-hybridized carbons (Fsp3) is 0.333. The molecule has 1 aromatic heterocycles. The summed E-state index contributed by atoms with van der Waals surface area (Å²) in [5.74, 6) is 0. The number of aromatic nitrogens is 2. The van der Waals surface area contributed by atoms with Crippen molar-refractivity contribution in [2.75, 3.05) is 0 Å². The Labute approximate surface area is 69.7 Å². The molecule has 0 radical (unpaired) electrons. The van der Waals surface area contributed by atoms with Crippen LogP contribution in [0.2, 0.25) is 0 Å². The predicted octanol–water partition coefficient (Wildman–Crippen LogP) is 0.697. The van der Waals surface area contributed by atoms with E-state index in [-0.39, 0.29) is 0 Å². The van der Waals surface area contributed by atoms with Crippen LogP contribution in [-0.2, 0) is 16.6 Å². The number of aryl methyl sites for hydroxylation is 1. The molecule has 1 aromatic rings. The second-order valence-corrected chi connectivity index (χ2v) is 3.45. The number of rotatable bonds is 2. The zero-order chi connectivity index (χ0) is 9.19. The van der Waals surface area contributed by atoms with Crippen molar-refractivity contribution >= 4 is 10.2 Å². The highest BCUT2D eigenvalue weighted by Gasteiger charge is 2.13. The molecule has 0 saturated carbocycles. The molecule has 0 aliphatic rings. The first-order chi connectivity index (χ1) is 5.54. The van der Waals surface area contributed by atoms with Gasteiger partial charge in [-0.2, -0.15) is 13.5 Å². The van der Waals surface area contributed by atoms with Crippen molar-refractivity contribution in [1.82, 2.24) is 10.2 Å². The molecule has 0 aliphatic carbocycles. The molecule has 1 rings (SSSR count). The van der Waals surface area contributed by atoms with Crippen molar-refractivity contribution in [3.8, 4) is 0 Å². The Morgan fingerprint density at radius 3 is 2.42 bits per heavy atom. The fourth-order valence-electron chi connectivity index (χ4n) is 0.666. The van der Waals surface area contributed by atoms with Gasteiger partial charge < -0.3 is 0 Å². The lowest BCUT2D eigenvalue weighted by atomic mass is 10.3. The van der Waals surface area contributed by atoms with E-state index in [2.05, 4.69) is 10.2 Å². The van der Waals surface area contributed by atoms with E-state index in [1.165, 1.54) is 6.07 Å². The van der Waals surface area contributed by atoms with E-state index in [0.29, 0.717) is 12.1 Å². The maximum atomic E-state index is 12.2. The molecule has 1 heterocycles. The minimum Gasteiger partial charge on any atom is -0.188 e. The van der Waals surface area contributed by atoms with E-state index in [9.17, 15) is 12.3 Å². The molecule has 0 N–H and O–H groups in total. The Kier molecular flexibility index (Phi) is 2.37. The standard InChI is InChI=1S/C6H7FN2O2S/c1-2-5-3-4-6(9-8-5)12(7,10)11/h3-4H,2H2,1H3. The van der Waals surface area contributed by atoms with Crippen molar-refractivity contribution in [3.63, 3.8) is 0 Å². The van der Waals surface area contributed by atoms with Gasteiger partial charge in [-0.1, -0.05) is 10.8 Å². The van der Waals surface area contributed by atoms with Gasteiger partial charge in [0, 0.05) is 0 Å². The third-order valence-corrected chi connectivity index (χ3v) is 2.02. The highest BCUT2D eigenvalue weighted by atomic mass is 32.3. The molecule has 0 atom stereocenters.